The molecular formula is C14H20FNO2. The third kappa shape index (κ3) is 2.65. The lowest BCUT2D eigenvalue weighted by molar-refractivity contribution is 0.0464. The summed E-state index contributed by atoms with van der Waals surface area (Å²) in [5, 5.41) is 18.9. The first kappa shape index (κ1) is 13.3. The second-order valence-corrected chi connectivity index (χ2v) is 5.22. The average Bonchev–Trinajstić information content (AvgIpc) is 2.26. The lowest BCUT2D eigenvalue weighted by atomic mass is 9.82. The first-order valence-electron chi connectivity index (χ1n) is 6.34. The van der Waals surface area contributed by atoms with E-state index in [4.69, 9.17) is 0 Å². The summed E-state index contributed by atoms with van der Waals surface area (Å²) >= 11 is 0. The van der Waals surface area contributed by atoms with Crippen LogP contribution in [0.2, 0.25) is 0 Å². The molecule has 1 atom stereocenters. The van der Waals surface area contributed by atoms with Gasteiger partial charge < -0.3 is 15.1 Å². The summed E-state index contributed by atoms with van der Waals surface area (Å²) in [6, 6.07) is 4.84. The Bertz CT molecular complexity index is 416. The van der Waals surface area contributed by atoms with Crippen molar-refractivity contribution in [2.24, 2.45) is 5.92 Å². The number of anilines is 1. The summed E-state index contributed by atoms with van der Waals surface area (Å²) in [6.45, 7) is 2.35. The minimum atomic E-state index is -0.823. The van der Waals surface area contributed by atoms with E-state index in [1.807, 2.05) is 18.0 Å². The van der Waals surface area contributed by atoms with Gasteiger partial charge in [-0.2, -0.15) is 0 Å². The highest BCUT2D eigenvalue weighted by Gasteiger charge is 2.28. The molecule has 0 bridgehead atoms. The second kappa shape index (κ2) is 5.24. The summed E-state index contributed by atoms with van der Waals surface area (Å²) in [7, 11) is 1.89. The van der Waals surface area contributed by atoms with E-state index in [9.17, 15) is 14.6 Å². The van der Waals surface area contributed by atoms with Crippen molar-refractivity contribution in [2.75, 3.05) is 18.5 Å². The molecule has 1 saturated carbocycles. The van der Waals surface area contributed by atoms with Crippen molar-refractivity contribution in [1.82, 2.24) is 0 Å². The maximum Gasteiger partial charge on any atom is 0.131 e. The molecule has 0 aromatic heterocycles. The Hall–Kier alpha value is -1.13. The van der Waals surface area contributed by atoms with Crippen molar-refractivity contribution in [3.63, 3.8) is 0 Å². The normalized spacial score (nSPS) is 24.5. The first-order chi connectivity index (χ1) is 8.49. The number of halogens is 1. The SMILES string of the molecule is CC(O)c1c(F)cccc1N(C)CC1CC(O)C1. The van der Waals surface area contributed by atoms with Crippen molar-refractivity contribution in [3.8, 4) is 0 Å². The Kier molecular flexibility index (Phi) is 3.88. The molecule has 1 fully saturated rings. The van der Waals surface area contributed by atoms with E-state index < -0.39 is 6.10 Å². The van der Waals surface area contributed by atoms with E-state index in [1.165, 1.54) is 6.07 Å². The van der Waals surface area contributed by atoms with Gasteiger partial charge in [-0.1, -0.05) is 6.07 Å². The number of hydrogen-bond acceptors (Lipinski definition) is 3. The zero-order valence-electron chi connectivity index (χ0n) is 10.8. The molecule has 3 nitrogen and oxygen atoms in total. The largest absolute Gasteiger partial charge is 0.393 e. The van der Waals surface area contributed by atoms with Crippen LogP contribution < -0.4 is 4.90 Å². The molecule has 0 heterocycles. The fourth-order valence-electron chi connectivity index (χ4n) is 2.61. The molecule has 18 heavy (non-hydrogen) atoms. The number of aliphatic hydroxyl groups excluding tert-OH is 2. The first-order valence-corrected chi connectivity index (χ1v) is 6.34. The molecule has 2 N–H and O–H groups in total. The molecule has 0 aliphatic heterocycles. The third-order valence-electron chi connectivity index (χ3n) is 3.60. The number of aliphatic hydroxyl groups is 2. The van der Waals surface area contributed by atoms with Gasteiger partial charge >= 0.3 is 0 Å². The highest BCUT2D eigenvalue weighted by Crippen LogP contribution is 2.32. The maximum atomic E-state index is 13.7. The summed E-state index contributed by atoms with van der Waals surface area (Å²) in [4.78, 5) is 1.96. The predicted molar refractivity (Wildman–Crippen MR) is 69.0 cm³/mol. The fraction of sp³-hybridized carbons (Fsp3) is 0.571. The Labute approximate surface area is 107 Å². The molecule has 0 radical (unpaired) electrons. The van der Waals surface area contributed by atoms with Crippen LogP contribution in [0.4, 0.5) is 10.1 Å². The van der Waals surface area contributed by atoms with Gasteiger partial charge in [0, 0.05) is 24.8 Å². The smallest absolute Gasteiger partial charge is 0.131 e. The molecule has 1 aliphatic carbocycles. The van der Waals surface area contributed by atoms with Gasteiger partial charge in [0.2, 0.25) is 0 Å². The van der Waals surface area contributed by atoms with E-state index in [0.717, 1.165) is 25.1 Å². The summed E-state index contributed by atoms with van der Waals surface area (Å²) in [5.41, 5.74) is 1.08. The number of rotatable bonds is 4. The summed E-state index contributed by atoms with van der Waals surface area (Å²) < 4.78 is 13.7. The molecule has 1 aromatic rings. The zero-order valence-corrected chi connectivity index (χ0v) is 10.8. The van der Waals surface area contributed by atoms with Gasteiger partial charge in [0.1, 0.15) is 5.82 Å². The second-order valence-electron chi connectivity index (χ2n) is 5.22. The third-order valence-corrected chi connectivity index (χ3v) is 3.60. The predicted octanol–water partition coefficient (Wildman–Crippen LogP) is 2.09. The van der Waals surface area contributed by atoms with Crippen LogP contribution in [0.25, 0.3) is 0 Å². The summed E-state index contributed by atoms with van der Waals surface area (Å²) in [6.07, 6.45) is 0.621. The average molecular weight is 253 g/mol. The van der Waals surface area contributed by atoms with Gasteiger partial charge in [-0.3, -0.25) is 0 Å². The molecule has 1 unspecified atom stereocenters. The van der Waals surface area contributed by atoms with Gasteiger partial charge in [0.05, 0.1) is 12.2 Å². The topological polar surface area (TPSA) is 43.7 Å². The van der Waals surface area contributed by atoms with Crippen LogP contribution in [0.15, 0.2) is 18.2 Å². The van der Waals surface area contributed by atoms with E-state index in [-0.39, 0.29) is 11.9 Å². The van der Waals surface area contributed by atoms with Crippen LogP contribution in [0.1, 0.15) is 31.4 Å². The van der Waals surface area contributed by atoms with Crippen molar-refractivity contribution in [1.29, 1.82) is 0 Å². The minimum Gasteiger partial charge on any atom is -0.393 e. The van der Waals surface area contributed by atoms with Crippen LogP contribution in [-0.2, 0) is 0 Å². The van der Waals surface area contributed by atoms with Crippen molar-refractivity contribution in [3.05, 3.63) is 29.6 Å². The van der Waals surface area contributed by atoms with Gasteiger partial charge in [0.15, 0.2) is 0 Å². The monoisotopic (exact) mass is 253 g/mol. The van der Waals surface area contributed by atoms with Crippen molar-refractivity contribution < 1.29 is 14.6 Å². The van der Waals surface area contributed by atoms with Crippen LogP contribution in [0, 0.1) is 11.7 Å². The minimum absolute atomic E-state index is 0.174. The number of hydrogen-bond donors (Lipinski definition) is 2. The van der Waals surface area contributed by atoms with E-state index in [2.05, 4.69) is 0 Å². The van der Waals surface area contributed by atoms with Crippen LogP contribution in [-0.4, -0.2) is 29.9 Å². The molecule has 0 spiro atoms. The van der Waals surface area contributed by atoms with E-state index >= 15 is 0 Å². The Balaban J connectivity index is 2.14. The molecule has 2 rings (SSSR count). The highest BCUT2D eigenvalue weighted by atomic mass is 19.1. The number of nitrogens with zero attached hydrogens (tertiary/aromatic N) is 1. The van der Waals surface area contributed by atoms with Gasteiger partial charge in [-0.25, -0.2) is 4.39 Å². The molecule has 1 aliphatic rings. The van der Waals surface area contributed by atoms with Gasteiger partial charge in [0.25, 0.3) is 0 Å². The summed E-state index contributed by atoms with van der Waals surface area (Å²) in [5.74, 6) is 0.0816. The number of benzene rings is 1. The molecule has 0 saturated heterocycles. The standard InChI is InChI=1S/C14H20FNO2/c1-9(17)14-12(15)4-3-5-13(14)16(2)8-10-6-11(18)7-10/h3-5,9-11,17-18H,6-8H2,1-2H3. The quantitative estimate of drug-likeness (QED) is 0.863. The van der Waals surface area contributed by atoms with Gasteiger partial charge in [-0.15, -0.1) is 0 Å². The molecule has 4 heteroatoms. The van der Waals surface area contributed by atoms with Crippen molar-refractivity contribution >= 4 is 5.69 Å². The maximum absolute atomic E-state index is 13.7. The zero-order chi connectivity index (χ0) is 13.3. The van der Waals surface area contributed by atoms with E-state index in [0.29, 0.717) is 11.5 Å². The lowest BCUT2D eigenvalue weighted by Gasteiger charge is -2.36. The van der Waals surface area contributed by atoms with Crippen LogP contribution >= 0.6 is 0 Å². The molecule has 1 aromatic carbocycles. The van der Waals surface area contributed by atoms with Gasteiger partial charge in [-0.05, 0) is 37.8 Å². The molecule has 0 amide bonds. The Morgan fingerprint density at radius 2 is 2.11 bits per heavy atom. The Morgan fingerprint density at radius 3 is 2.67 bits per heavy atom. The fourth-order valence-corrected chi connectivity index (χ4v) is 2.61. The molecular weight excluding hydrogens is 233 g/mol. The Morgan fingerprint density at radius 1 is 1.44 bits per heavy atom. The molecule has 100 valence electrons. The van der Waals surface area contributed by atoms with Crippen LogP contribution in [0.5, 0.6) is 0 Å². The highest BCUT2D eigenvalue weighted by molar-refractivity contribution is 5.54. The lowest BCUT2D eigenvalue weighted by Crippen LogP contribution is -2.37. The van der Waals surface area contributed by atoms with Crippen LogP contribution in [0.3, 0.4) is 0 Å². The van der Waals surface area contributed by atoms with Crippen molar-refractivity contribution in [2.45, 2.75) is 32.0 Å². The van der Waals surface area contributed by atoms with E-state index in [1.54, 1.807) is 13.0 Å².